The fraction of sp³-hybridized carbons (Fsp3) is 0.211. The number of carbonyl (C=O) groups is 1. The van der Waals surface area contributed by atoms with E-state index in [9.17, 15) is 4.79 Å². The number of benzene rings is 2. The number of anilines is 1. The van der Waals surface area contributed by atoms with Crippen LogP contribution in [0.5, 0.6) is 0 Å². The SMILES string of the molecule is O=C(Nc1ccc(Cl)cc1)N1CCC[C@H]1c1nc(-c2ccccc2)no1. The second-order valence-electron chi connectivity index (χ2n) is 6.11. The van der Waals surface area contributed by atoms with Crippen molar-refractivity contribution in [2.24, 2.45) is 0 Å². The molecule has 2 aromatic carbocycles. The van der Waals surface area contributed by atoms with Crippen LogP contribution in [0.15, 0.2) is 59.1 Å². The van der Waals surface area contributed by atoms with Crippen molar-refractivity contribution < 1.29 is 9.32 Å². The molecule has 7 heteroatoms. The van der Waals surface area contributed by atoms with Gasteiger partial charge in [-0.2, -0.15) is 4.98 Å². The summed E-state index contributed by atoms with van der Waals surface area (Å²) in [6, 6.07) is 16.2. The van der Waals surface area contributed by atoms with E-state index in [-0.39, 0.29) is 12.1 Å². The molecule has 0 saturated carbocycles. The highest BCUT2D eigenvalue weighted by molar-refractivity contribution is 6.30. The summed E-state index contributed by atoms with van der Waals surface area (Å²) in [5.41, 5.74) is 1.58. The van der Waals surface area contributed by atoms with Crippen LogP contribution in [-0.4, -0.2) is 27.6 Å². The molecule has 1 aliphatic rings. The zero-order valence-corrected chi connectivity index (χ0v) is 14.7. The van der Waals surface area contributed by atoms with Gasteiger partial charge in [-0.15, -0.1) is 0 Å². The van der Waals surface area contributed by atoms with Crippen LogP contribution < -0.4 is 5.32 Å². The average molecular weight is 369 g/mol. The number of aromatic nitrogens is 2. The third-order valence-corrected chi connectivity index (χ3v) is 4.62. The Hall–Kier alpha value is -2.86. The average Bonchev–Trinajstić information content (AvgIpc) is 3.33. The van der Waals surface area contributed by atoms with Gasteiger partial charge in [0, 0.05) is 22.8 Å². The van der Waals surface area contributed by atoms with Gasteiger partial charge in [0.05, 0.1) is 0 Å². The molecule has 4 rings (SSSR count). The minimum atomic E-state index is -0.215. The Balaban J connectivity index is 1.50. The Morgan fingerprint density at radius 1 is 1.15 bits per heavy atom. The number of likely N-dealkylation sites (tertiary alicyclic amines) is 1. The first-order chi connectivity index (χ1) is 12.7. The standard InChI is InChI=1S/C19H17ClN4O2/c20-14-8-10-15(11-9-14)21-19(25)24-12-4-7-16(24)18-22-17(23-26-18)13-5-2-1-3-6-13/h1-3,5-6,8-11,16H,4,7,12H2,(H,21,25)/t16-/m0/s1. The van der Waals surface area contributed by atoms with E-state index in [1.807, 2.05) is 30.3 Å². The molecule has 26 heavy (non-hydrogen) atoms. The molecule has 2 heterocycles. The summed E-state index contributed by atoms with van der Waals surface area (Å²) in [5.74, 6) is 0.998. The molecular weight excluding hydrogens is 352 g/mol. The highest BCUT2D eigenvalue weighted by Crippen LogP contribution is 2.32. The molecule has 1 fully saturated rings. The monoisotopic (exact) mass is 368 g/mol. The summed E-state index contributed by atoms with van der Waals surface area (Å²) < 4.78 is 5.45. The van der Waals surface area contributed by atoms with E-state index < -0.39 is 0 Å². The molecule has 0 unspecified atom stereocenters. The van der Waals surface area contributed by atoms with Crippen LogP contribution in [0.4, 0.5) is 10.5 Å². The van der Waals surface area contributed by atoms with Gasteiger partial charge in [0.15, 0.2) is 0 Å². The van der Waals surface area contributed by atoms with Gasteiger partial charge >= 0.3 is 6.03 Å². The second kappa shape index (κ2) is 7.17. The normalized spacial score (nSPS) is 16.7. The molecule has 3 aromatic rings. The first-order valence-electron chi connectivity index (χ1n) is 8.43. The Morgan fingerprint density at radius 3 is 2.69 bits per heavy atom. The van der Waals surface area contributed by atoms with Crippen molar-refractivity contribution >= 4 is 23.3 Å². The zero-order valence-electron chi connectivity index (χ0n) is 13.9. The van der Waals surface area contributed by atoms with Gasteiger partial charge in [0.1, 0.15) is 6.04 Å². The van der Waals surface area contributed by atoms with E-state index >= 15 is 0 Å². The molecule has 1 aliphatic heterocycles. The lowest BCUT2D eigenvalue weighted by Gasteiger charge is -2.22. The number of halogens is 1. The topological polar surface area (TPSA) is 71.3 Å². The molecule has 0 spiro atoms. The summed E-state index contributed by atoms with van der Waals surface area (Å²) in [4.78, 5) is 18.9. The lowest BCUT2D eigenvalue weighted by Crippen LogP contribution is -2.34. The maximum atomic E-state index is 12.7. The van der Waals surface area contributed by atoms with E-state index in [2.05, 4.69) is 15.5 Å². The van der Waals surface area contributed by atoms with Crippen LogP contribution in [0.1, 0.15) is 24.8 Å². The van der Waals surface area contributed by atoms with Crippen molar-refractivity contribution in [3.63, 3.8) is 0 Å². The van der Waals surface area contributed by atoms with Crippen LogP contribution in [0.25, 0.3) is 11.4 Å². The summed E-state index contributed by atoms with van der Waals surface area (Å²) in [6.45, 7) is 0.646. The maximum absolute atomic E-state index is 12.7. The molecule has 2 amide bonds. The quantitative estimate of drug-likeness (QED) is 0.723. The summed E-state index contributed by atoms with van der Waals surface area (Å²) in [7, 11) is 0. The lowest BCUT2D eigenvalue weighted by molar-refractivity contribution is 0.193. The van der Waals surface area contributed by atoms with E-state index in [1.54, 1.807) is 29.2 Å². The van der Waals surface area contributed by atoms with Crippen LogP contribution >= 0.6 is 11.6 Å². The molecule has 0 bridgehead atoms. The van der Waals surface area contributed by atoms with E-state index in [4.69, 9.17) is 16.1 Å². The highest BCUT2D eigenvalue weighted by Gasteiger charge is 2.34. The maximum Gasteiger partial charge on any atom is 0.322 e. The predicted octanol–water partition coefficient (Wildman–Crippen LogP) is 4.76. The smallest absolute Gasteiger partial charge is 0.322 e. The minimum absolute atomic E-state index is 0.186. The lowest BCUT2D eigenvalue weighted by atomic mass is 10.2. The second-order valence-corrected chi connectivity index (χ2v) is 6.55. The number of hydrogen-bond donors (Lipinski definition) is 1. The van der Waals surface area contributed by atoms with Gasteiger partial charge < -0.3 is 14.7 Å². The van der Waals surface area contributed by atoms with Crippen LogP contribution in [0.2, 0.25) is 5.02 Å². The Bertz CT molecular complexity index is 895. The van der Waals surface area contributed by atoms with Gasteiger partial charge in [0.25, 0.3) is 0 Å². The zero-order chi connectivity index (χ0) is 17.9. The summed E-state index contributed by atoms with van der Waals surface area (Å²) >= 11 is 5.88. The fourth-order valence-corrected chi connectivity index (χ4v) is 3.20. The van der Waals surface area contributed by atoms with Gasteiger partial charge in [0.2, 0.25) is 11.7 Å². The number of nitrogens with zero attached hydrogens (tertiary/aromatic N) is 3. The van der Waals surface area contributed by atoms with Crippen molar-refractivity contribution in [3.05, 3.63) is 65.5 Å². The number of urea groups is 1. The predicted molar refractivity (Wildman–Crippen MR) is 98.9 cm³/mol. The summed E-state index contributed by atoms with van der Waals surface area (Å²) in [5, 5.41) is 7.57. The van der Waals surface area contributed by atoms with Gasteiger partial charge in [-0.1, -0.05) is 47.1 Å². The van der Waals surface area contributed by atoms with Crippen molar-refractivity contribution in [1.82, 2.24) is 15.0 Å². The number of nitrogens with one attached hydrogen (secondary N) is 1. The van der Waals surface area contributed by atoms with E-state index in [0.29, 0.717) is 29.0 Å². The van der Waals surface area contributed by atoms with Crippen LogP contribution in [0, 0.1) is 0 Å². The molecule has 0 radical (unpaired) electrons. The Morgan fingerprint density at radius 2 is 1.92 bits per heavy atom. The number of carbonyl (C=O) groups excluding carboxylic acids is 1. The first kappa shape index (κ1) is 16.6. The molecule has 1 aromatic heterocycles. The highest BCUT2D eigenvalue weighted by atomic mass is 35.5. The van der Waals surface area contributed by atoms with Gasteiger partial charge in [-0.05, 0) is 37.1 Å². The first-order valence-corrected chi connectivity index (χ1v) is 8.81. The third-order valence-electron chi connectivity index (χ3n) is 4.37. The largest absolute Gasteiger partial charge is 0.337 e. The summed E-state index contributed by atoms with van der Waals surface area (Å²) in [6.07, 6.45) is 1.69. The van der Waals surface area contributed by atoms with Gasteiger partial charge in [-0.25, -0.2) is 4.79 Å². The van der Waals surface area contributed by atoms with Crippen LogP contribution in [0.3, 0.4) is 0 Å². The van der Waals surface area contributed by atoms with Crippen molar-refractivity contribution in [2.45, 2.75) is 18.9 Å². The van der Waals surface area contributed by atoms with Gasteiger partial charge in [-0.3, -0.25) is 0 Å². The molecule has 1 atom stereocenters. The molecule has 1 saturated heterocycles. The fourth-order valence-electron chi connectivity index (χ4n) is 3.07. The van der Waals surface area contributed by atoms with E-state index in [1.165, 1.54) is 0 Å². The molecule has 132 valence electrons. The van der Waals surface area contributed by atoms with Crippen molar-refractivity contribution in [3.8, 4) is 11.4 Å². The minimum Gasteiger partial charge on any atom is -0.337 e. The van der Waals surface area contributed by atoms with E-state index in [0.717, 1.165) is 18.4 Å². The number of amides is 2. The third kappa shape index (κ3) is 3.41. The Kier molecular flexibility index (Phi) is 4.58. The Labute approximate surface area is 155 Å². The van der Waals surface area contributed by atoms with Crippen molar-refractivity contribution in [1.29, 1.82) is 0 Å². The molecule has 0 aliphatic carbocycles. The molecule has 6 nitrogen and oxygen atoms in total. The number of rotatable bonds is 3. The molecule has 1 N–H and O–H groups in total. The van der Waals surface area contributed by atoms with Crippen molar-refractivity contribution in [2.75, 3.05) is 11.9 Å². The van der Waals surface area contributed by atoms with Crippen LogP contribution in [-0.2, 0) is 0 Å². The number of hydrogen-bond acceptors (Lipinski definition) is 4. The molecular formula is C19H17ClN4O2.